The fourth-order valence-corrected chi connectivity index (χ4v) is 1.83. The van der Waals surface area contributed by atoms with Crippen LogP contribution in [0.1, 0.15) is 26.2 Å². The van der Waals surface area contributed by atoms with Crippen LogP contribution in [0, 0.1) is 0 Å². The summed E-state index contributed by atoms with van der Waals surface area (Å²) < 4.78 is 0. The Labute approximate surface area is 62.8 Å². The van der Waals surface area contributed by atoms with E-state index in [4.69, 9.17) is 5.11 Å². The molecule has 1 N–H and O–H groups in total. The number of likely N-dealkylation sites (tertiary alicyclic amines) is 1. The molecule has 1 aliphatic heterocycles. The van der Waals surface area contributed by atoms with Gasteiger partial charge in [0.15, 0.2) is 0 Å². The Kier molecular flexibility index (Phi) is 2.32. The molecule has 0 bridgehead atoms. The predicted molar refractivity (Wildman–Crippen MR) is 42.0 cm³/mol. The smallest absolute Gasteiger partial charge is 0.0615 e. The van der Waals surface area contributed by atoms with Gasteiger partial charge in [-0.3, -0.25) is 4.90 Å². The third kappa shape index (κ3) is 1.06. The predicted octanol–water partition coefficient (Wildman–Crippen LogP) is 0.853. The highest BCUT2D eigenvalue weighted by Crippen LogP contribution is 2.29. The number of aliphatic hydroxyl groups excluding tert-OH is 1. The highest BCUT2D eigenvalue weighted by Gasteiger charge is 2.35. The number of hydrogen-bond acceptors (Lipinski definition) is 2. The molecular weight excluding hydrogens is 126 g/mol. The van der Waals surface area contributed by atoms with Gasteiger partial charge in [0.05, 0.1) is 6.61 Å². The first kappa shape index (κ1) is 8.02. The summed E-state index contributed by atoms with van der Waals surface area (Å²) in [6, 6.07) is 0. The number of nitrogens with zero attached hydrogens (tertiary/aromatic N) is 1. The lowest BCUT2D eigenvalue weighted by Crippen LogP contribution is -2.43. The minimum atomic E-state index is 0.125. The van der Waals surface area contributed by atoms with Crippen molar-refractivity contribution in [3.05, 3.63) is 0 Å². The van der Waals surface area contributed by atoms with Gasteiger partial charge in [-0.25, -0.2) is 0 Å². The van der Waals surface area contributed by atoms with E-state index >= 15 is 0 Å². The van der Waals surface area contributed by atoms with Crippen LogP contribution in [0.5, 0.6) is 0 Å². The molecule has 1 atom stereocenters. The van der Waals surface area contributed by atoms with Crippen LogP contribution >= 0.6 is 0 Å². The maximum absolute atomic E-state index is 9.15. The lowest BCUT2D eigenvalue weighted by atomic mass is 9.94. The highest BCUT2D eigenvalue weighted by molar-refractivity contribution is 4.92. The van der Waals surface area contributed by atoms with E-state index in [0.29, 0.717) is 6.61 Å². The van der Waals surface area contributed by atoms with E-state index in [0.717, 1.165) is 19.4 Å². The zero-order valence-corrected chi connectivity index (χ0v) is 6.93. The van der Waals surface area contributed by atoms with E-state index < -0.39 is 0 Å². The summed E-state index contributed by atoms with van der Waals surface area (Å²) in [6.45, 7) is 3.62. The maximum atomic E-state index is 9.15. The van der Waals surface area contributed by atoms with Crippen LogP contribution in [-0.4, -0.2) is 35.7 Å². The van der Waals surface area contributed by atoms with Gasteiger partial charge in [-0.2, -0.15) is 0 Å². The van der Waals surface area contributed by atoms with Gasteiger partial charge in [0.25, 0.3) is 0 Å². The van der Waals surface area contributed by atoms with Crippen LogP contribution in [0.4, 0.5) is 0 Å². The van der Waals surface area contributed by atoms with Crippen molar-refractivity contribution < 1.29 is 5.11 Å². The number of hydrogen-bond donors (Lipinski definition) is 1. The van der Waals surface area contributed by atoms with Gasteiger partial charge < -0.3 is 5.11 Å². The molecule has 1 fully saturated rings. The van der Waals surface area contributed by atoms with E-state index in [1.54, 1.807) is 0 Å². The Hall–Kier alpha value is -0.0800. The Morgan fingerprint density at radius 2 is 2.30 bits per heavy atom. The molecule has 1 saturated heterocycles. The van der Waals surface area contributed by atoms with Crippen LogP contribution in [0.25, 0.3) is 0 Å². The molecule has 0 aromatic carbocycles. The molecule has 0 saturated carbocycles. The Balaban J connectivity index is 2.61. The van der Waals surface area contributed by atoms with Crippen LogP contribution in [0.15, 0.2) is 0 Å². The van der Waals surface area contributed by atoms with Crippen molar-refractivity contribution in [2.75, 3.05) is 20.2 Å². The molecule has 0 spiro atoms. The summed E-state index contributed by atoms with van der Waals surface area (Å²) in [4.78, 5) is 2.28. The molecular formula is C8H17NO. The molecule has 0 aliphatic carbocycles. The van der Waals surface area contributed by atoms with Gasteiger partial charge in [-0.05, 0) is 32.9 Å². The van der Waals surface area contributed by atoms with Gasteiger partial charge in [-0.1, -0.05) is 6.92 Å². The first-order valence-corrected chi connectivity index (χ1v) is 4.07. The van der Waals surface area contributed by atoms with Crippen LogP contribution in [0.2, 0.25) is 0 Å². The molecule has 10 heavy (non-hydrogen) atoms. The molecule has 0 amide bonds. The molecule has 0 unspecified atom stereocenters. The maximum Gasteiger partial charge on any atom is 0.0615 e. The minimum absolute atomic E-state index is 0.125. The van der Waals surface area contributed by atoms with E-state index in [-0.39, 0.29) is 5.54 Å². The summed E-state index contributed by atoms with van der Waals surface area (Å²) in [5.41, 5.74) is 0.125. The Morgan fingerprint density at radius 1 is 1.60 bits per heavy atom. The standard InChI is InChI=1S/C8H17NO/c1-3-8(7-10)5-4-6-9(8)2/h10H,3-7H2,1-2H3/t8-/m0/s1. The first-order chi connectivity index (χ1) is 4.75. The Morgan fingerprint density at radius 3 is 2.50 bits per heavy atom. The molecule has 0 radical (unpaired) electrons. The van der Waals surface area contributed by atoms with Crippen molar-refractivity contribution >= 4 is 0 Å². The SMILES string of the molecule is CC[C@@]1(CO)CCCN1C. The fourth-order valence-electron chi connectivity index (χ4n) is 1.83. The third-order valence-corrected chi connectivity index (χ3v) is 2.90. The summed E-state index contributed by atoms with van der Waals surface area (Å²) in [5, 5.41) is 9.15. The number of aliphatic hydroxyl groups is 1. The van der Waals surface area contributed by atoms with Crippen LogP contribution < -0.4 is 0 Å². The molecule has 1 rings (SSSR count). The van der Waals surface area contributed by atoms with Gasteiger partial charge >= 0.3 is 0 Å². The van der Waals surface area contributed by atoms with Crippen LogP contribution in [-0.2, 0) is 0 Å². The second-order valence-electron chi connectivity index (χ2n) is 3.26. The fraction of sp³-hybridized carbons (Fsp3) is 1.00. The van der Waals surface area contributed by atoms with E-state index in [2.05, 4.69) is 18.9 Å². The van der Waals surface area contributed by atoms with Gasteiger partial charge in [0.1, 0.15) is 0 Å². The zero-order valence-electron chi connectivity index (χ0n) is 6.93. The topological polar surface area (TPSA) is 23.5 Å². The van der Waals surface area contributed by atoms with Gasteiger partial charge in [0.2, 0.25) is 0 Å². The van der Waals surface area contributed by atoms with Crippen molar-refractivity contribution in [3.8, 4) is 0 Å². The first-order valence-electron chi connectivity index (χ1n) is 4.07. The lowest BCUT2D eigenvalue weighted by Gasteiger charge is -2.33. The van der Waals surface area contributed by atoms with Crippen molar-refractivity contribution in [1.29, 1.82) is 0 Å². The molecule has 1 aliphatic rings. The largest absolute Gasteiger partial charge is 0.394 e. The molecule has 0 aromatic rings. The second kappa shape index (κ2) is 2.89. The zero-order chi connectivity index (χ0) is 7.61. The minimum Gasteiger partial charge on any atom is -0.394 e. The lowest BCUT2D eigenvalue weighted by molar-refractivity contribution is 0.0804. The number of likely N-dealkylation sites (N-methyl/N-ethyl adjacent to an activating group) is 1. The van der Waals surface area contributed by atoms with Gasteiger partial charge in [0, 0.05) is 5.54 Å². The highest BCUT2D eigenvalue weighted by atomic mass is 16.3. The van der Waals surface area contributed by atoms with Gasteiger partial charge in [-0.15, -0.1) is 0 Å². The summed E-state index contributed by atoms with van der Waals surface area (Å²) in [5.74, 6) is 0. The monoisotopic (exact) mass is 143 g/mol. The average Bonchev–Trinajstić information content (AvgIpc) is 2.32. The van der Waals surface area contributed by atoms with E-state index in [9.17, 15) is 0 Å². The molecule has 1 heterocycles. The third-order valence-electron chi connectivity index (χ3n) is 2.90. The summed E-state index contributed by atoms with van der Waals surface area (Å²) in [6.07, 6.45) is 3.47. The molecule has 0 aromatic heterocycles. The van der Waals surface area contributed by atoms with Crippen molar-refractivity contribution in [1.82, 2.24) is 4.90 Å². The average molecular weight is 143 g/mol. The van der Waals surface area contributed by atoms with Crippen molar-refractivity contribution in [2.24, 2.45) is 0 Å². The Bertz CT molecular complexity index is 110. The van der Waals surface area contributed by atoms with Crippen molar-refractivity contribution in [2.45, 2.75) is 31.7 Å². The summed E-state index contributed by atoms with van der Waals surface area (Å²) in [7, 11) is 2.10. The van der Waals surface area contributed by atoms with Crippen molar-refractivity contribution in [3.63, 3.8) is 0 Å². The molecule has 60 valence electrons. The van der Waals surface area contributed by atoms with Crippen LogP contribution in [0.3, 0.4) is 0 Å². The van der Waals surface area contributed by atoms with E-state index in [1.807, 2.05) is 0 Å². The summed E-state index contributed by atoms with van der Waals surface area (Å²) >= 11 is 0. The molecule has 2 nitrogen and oxygen atoms in total. The molecule has 2 heteroatoms. The number of rotatable bonds is 2. The normalized spacial score (nSPS) is 35.1. The quantitative estimate of drug-likeness (QED) is 0.619. The van der Waals surface area contributed by atoms with E-state index in [1.165, 1.54) is 6.42 Å². The second-order valence-corrected chi connectivity index (χ2v) is 3.26.